The van der Waals surface area contributed by atoms with E-state index in [9.17, 15) is 9.18 Å². The van der Waals surface area contributed by atoms with Gasteiger partial charge in [0.1, 0.15) is 5.82 Å². The summed E-state index contributed by atoms with van der Waals surface area (Å²) in [4.78, 5) is 16.2. The van der Waals surface area contributed by atoms with Crippen LogP contribution in [0.25, 0.3) is 0 Å². The maximum atomic E-state index is 14.1. The number of halogens is 1. The highest BCUT2D eigenvalue weighted by atomic mass is 32.2. The first kappa shape index (κ1) is 19.0. The topological polar surface area (TPSA) is 56.6 Å². The van der Waals surface area contributed by atoms with Gasteiger partial charge in [0.25, 0.3) is 0 Å². The summed E-state index contributed by atoms with van der Waals surface area (Å²) in [5.74, 6) is 1.12. The van der Waals surface area contributed by atoms with Gasteiger partial charge in [-0.1, -0.05) is 0 Å². The number of benzene rings is 1. The molecule has 2 aliphatic heterocycles. The Labute approximate surface area is 158 Å². The molecule has 1 amide bonds. The number of anilines is 1. The van der Waals surface area contributed by atoms with Crippen LogP contribution in [0.3, 0.4) is 0 Å². The number of thioether (sulfide) groups is 1. The summed E-state index contributed by atoms with van der Waals surface area (Å²) in [5, 5.41) is 8.83. The van der Waals surface area contributed by atoms with Crippen molar-refractivity contribution >= 4 is 23.4 Å². The zero-order valence-corrected chi connectivity index (χ0v) is 15.6. The number of piperazine rings is 1. The second-order valence-corrected chi connectivity index (χ2v) is 7.68. The van der Waals surface area contributed by atoms with Crippen molar-refractivity contribution in [3.63, 3.8) is 0 Å². The van der Waals surface area contributed by atoms with E-state index in [1.54, 1.807) is 23.9 Å². The third-order valence-corrected chi connectivity index (χ3v) is 5.91. The summed E-state index contributed by atoms with van der Waals surface area (Å²) in [6, 6.07) is 6.47. The average Bonchev–Trinajstić information content (AvgIpc) is 2.69. The van der Waals surface area contributed by atoms with Crippen LogP contribution in [0.15, 0.2) is 18.2 Å². The Morgan fingerprint density at radius 2 is 2.12 bits per heavy atom. The molecular weight excluding hydrogens is 353 g/mol. The highest BCUT2D eigenvalue weighted by molar-refractivity contribution is 7.99. The summed E-state index contributed by atoms with van der Waals surface area (Å²) in [5.41, 5.74) is 0.818. The van der Waals surface area contributed by atoms with Gasteiger partial charge in [0.2, 0.25) is 5.91 Å². The zero-order chi connectivity index (χ0) is 18.4. The van der Waals surface area contributed by atoms with Crippen molar-refractivity contribution in [1.82, 2.24) is 4.90 Å². The van der Waals surface area contributed by atoms with Crippen molar-refractivity contribution in [3.05, 3.63) is 29.6 Å². The SMILES string of the molecule is N#Cc1ccc(N2CCN(C(=O)CSCC3CCCCO3)CC2)c(F)c1. The fraction of sp³-hybridized carbons (Fsp3) is 0.579. The Bertz CT molecular complexity index is 665. The first-order valence-corrected chi connectivity index (χ1v) is 10.2. The molecule has 0 aliphatic carbocycles. The number of ether oxygens (including phenoxy) is 1. The predicted octanol–water partition coefficient (Wildman–Crippen LogP) is 2.65. The van der Waals surface area contributed by atoms with Gasteiger partial charge in [-0.05, 0) is 37.5 Å². The van der Waals surface area contributed by atoms with E-state index in [1.165, 1.54) is 12.5 Å². The van der Waals surface area contributed by atoms with Crippen LogP contribution in [0.4, 0.5) is 10.1 Å². The highest BCUT2D eigenvalue weighted by Gasteiger charge is 2.23. The molecule has 140 valence electrons. The van der Waals surface area contributed by atoms with Crippen LogP contribution in [0.5, 0.6) is 0 Å². The van der Waals surface area contributed by atoms with E-state index in [0.29, 0.717) is 43.2 Å². The highest BCUT2D eigenvalue weighted by Crippen LogP contribution is 2.22. The third-order valence-electron chi connectivity index (χ3n) is 4.85. The quantitative estimate of drug-likeness (QED) is 0.790. The number of amides is 1. The van der Waals surface area contributed by atoms with Crippen molar-refractivity contribution in [2.75, 3.05) is 49.2 Å². The van der Waals surface area contributed by atoms with Crippen molar-refractivity contribution in [1.29, 1.82) is 5.26 Å². The van der Waals surface area contributed by atoms with Gasteiger partial charge < -0.3 is 14.5 Å². The molecule has 0 bridgehead atoms. The van der Waals surface area contributed by atoms with E-state index in [0.717, 1.165) is 25.2 Å². The number of nitriles is 1. The molecular formula is C19H24FN3O2S. The van der Waals surface area contributed by atoms with Crippen molar-refractivity contribution in [2.45, 2.75) is 25.4 Å². The van der Waals surface area contributed by atoms with Crippen LogP contribution in [-0.2, 0) is 9.53 Å². The van der Waals surface area contributed by atoms with Crippen LogP contribution in [0.2, 0.25) is 0 Å². The monoisotopic (exact) mass is 377 g/mol. The van der Waals surface area contributed by atoms with Gasteiger partial charge in [0.15, 0.2) is 0 Å². The maximum absolute atomic E-state index is 14.1. The molecule has 3 rings (SSSR count). The number of rotatable bonds is 5. The number of nitrogens with zero attached hydrogens (tertiary/aromatic N) is 3. The molecule has 5 nitrogen and oxygen atoms in total. The first-order valence-electron chi connectivity index (χ1n) is 9.09. The average molecular weight is 377 g/mol. The van der Waals surface area contributed by atoms with E-state index in [2.05, 4.69) is 0 Å². The van der Waals surface area contributed by atoms with E-state index >= 15 is 0 Å². The molecule has 1 unspecified atom stereocenters. The van der Waals surface area contributed by atoms with E-state index < -0.39 is 0 Å². The lowest BCUT2D eigenvalue weighted by atomic mass is 10.1. The molecule has 7 heteroatoms. The molecule has 1 atom stereocenters. The van der Waals surface area contributed by atoms with Crippen LogP contribution < -0.4 is 4.90 Å². The van der Waals surface area contributed by atoms with Crippen LogP contribution >= 0.6 is 11.8 Å². The van der Waals surface area contributed by atoms with Crippen LogP contribution in [0, 0.1) is 17.1 Å². The Hall–Kier alpha value is -1.78. The molecule has 2 fully saturated rings. The molecule has 0 N–H and O–H groups in total. The zero-order valence-electron chi connectivity index (χ0n) is 14.8. The summed E-state index contributed by atoms with van der Waals surface area (Å²) < 4.78 is 19.8. The Morgan fingerprint density at radius 3 is 2.77 bits per heavy atom. The maximum Gasteiger partial charge on any atom is 0.232 e. The number of hydrogen-bond acceptors (Lipinski definition) is 5. The lowest BCUT2D eigenvalue weighted by Crippen LogP contribution is -2.49. The number of carbonyl (C=O) groups is 1. The van der Waals surface area contributed by atoms with E-state index in [-0.39, 0.29) is 17.8 Å². The molecule has 0 saturated carbocycles. The third kappa shape index (κ3) is 4.89. The molecule has 2 heterocycles. The minimum absolute atomic E-state index is 0.144. The summed E-state index contributed by atoms with van der Waals surface area (Å²) >= 11 is 1.64. The molecule has 2 aliphatic rings. The standard InChI is InChI=1S/C19H24FN3O2S/c20-17-11-15(12-21)4-5-18(17)22-6-8-23(9-7-22)19(24)14-26-13-16-3-1-2-10-25-16/h4-5,11,16H,1-3,6-10,13-14H2. The Morgan fingerprint density at radius 1 is 1.31 bits per heavy atom. The van der Waals surface area contributed by atoms with Gasteiger partial charge in [-0.2, -0.15) is 5.26 Å². The fourth-order valence-corrected chi connectivity index (χ4v) is 4.34. The molecule has 2 saturated heterocycles. The molecule has 1 aromatic rings. The molecule has 26 heavy (non-hydrogen) atoms. The van der Waals surface area contributed by atoms with Crippen molar-refractivity contribution in [3.8, 4) is 6.07 Å². The Balaban J connectivity index is 1.43. The normalized spacial score (nSPS) is 20.7. The minimum Gasteiger partial charge on any atom is -0.377 e. The second kappa shape index (κ2) is 9.24. The van der Waals surface area contributed by atoms with Crippen molar-refractivity contribution in [2.24, 2.45) is 0 Å². The van der Waals surface area contributed by atoms with Gasteiger partial charge >= 0.3 is 0 Å². The molecule has 0 aromatic heterocycles. The number of hydrogen-bond donors (Lipinski definition) is 0. The predicted molar refractivity (Wildman–Crippen MR) is 101 cm³/mol. The van der Waals surface area contributed by atoms with E-state index in [4.69, 9.17) is 10.00 Å². The van der Waals surface area contributed by atoms with Gasteiger partial charge in [-0.15, -0.1) is 11.8 Å². The minimum atomic E-state index is -0.383. The van der Waals surface area contributed by atoms with Gasteiger partial charge in [0, 0.05) is 38.5 Å². The Kier molecular flexibility index (Phi) is 6.75. The van der Waals surface area contributed by atoms with Gasteiger partial charge in [-0.25, -0.2) is 4.39 Å². The molecule has 0 spiro atoms. The van der Waals surface area contributed by atoms with Crippen LogP contribution in [-0.4, -0.2) is 61.2 Å². The second-order valence-electron chi connectivity index (χ2n) is 6.65. The lowest BCUT2D eigenvalue weighted by molar-refractivity contribution is -0.128. The summed E-state index contributed by atoms with van der Waals surface area (Å²) in [6.07, 6.45) is 3.74. The first-order chi connectivity index (χ1) is 12.7. The summed E-state index contributed by atoms with van der Waals surface area (Å²) in [6.45, 7) is 3.24. The van der Waals surface area contributed by atoms with Crippen molar-refractivity contribution < 1.29 is 13.9 Å². The van der Waals surface area contributed by atoms with Gasteiger partial charge in [-0.3, -0.25) is 4.79 Å². The van der Waals surface area contributed by atoms with E-state index in [1.807, 2.05) is 15.9 Å². The molecule has 0 radical (unpaired) electrons. The fourth-order valence-electron chi connectivity index (χ4n) is 3.34. The molecule has 1 aromatic carbocycles. The lowest BCUT2D eigenvalue weighted by Gasteiger charge is -2.36. The number of carbonyl (C=O) groups excluding carboxylic acids is 1. The largest absolute Gasteiger partial charge is 0.377 e. The summed E-state index contributed by atoms with van der Waals surface area (Å²) in [7, 11) is 0. The van der Waals surface area contributed by atoms with Gasteiger partial charge in [0.05, 0.1) is 29.2 Å². The van der Waals surface area contributed by atoms with Crippen LogP contribution in [0.1, 0.15) is 24.8 Å². The smallest absolute Gasteiger partial charge is 0.232 e.